The van der Waals surface area contributed by atoms with Gasteiger partial charge in [-0.1, -0.05) is 0 Å². The van der Waals surface area contributed by atoms with Crippen molar-refractivity contribution in [3.8, 4) is 0 Å². The van der Waals surface area contributed by atoms with Crippen molar-refractivity contribution in [1.82, 2.24) is 0 Å². The van der Waals surface area contributed by atoms with Crippen LogP contribution in [0.15, 0.2) is 16.6 Å². The first-order valence-electron chi connectivity index (χ1n) is 3.71. The zero-order chi connectivity index (χ0) is 11.6. The fourth-order valence-electron chi connectivity index (χ4n) is 0.997. The van der Waals surface area contributed by atoms with E-state index < -0.39 is 17.3 Å². The van der Waals surface area contributed by atoms with E-state index in [1.807, 2.05) is 0 Å². The maximum absolute atomic E-state index is 13.4. The van der Waals surface area contributed by atoms with Gasteiger partial charge in [0.05, 0.1) is 10.2 Å². The van der Waals surface area contributed by atoms with Gasteiger partial charge in [-0.15, -0.1) is 0 Å². The van der Waals surface area contributed by atoms with Crippen LogP contribution in [0.25, 0.3) is 0 Å². The van der Waals surface area contributed by atoms with Crippen LogP contribution in [-0.4, -0.2) is 16.2 Å². The lowest BCUT2D eigenvalue weighted by molar-refractivity contribution is 0.0693. The van der Waals surface area contributed by atoms with Crippen LogP contribution in [0.5, 0.6) is 0 Å². The number of nitrogens with two attached hydrogens (primary N) is 1. The molecule has 1 aromatic carbocycles. The number of aromatic carboxylic acids is 1. The van der Waals surface area contributed by atoms with Crippen molar-refractivity contribution >= 4 is 44.9 Å². The van der Waals surface area contributed by atoms with E-state index in [0.717, 1.165) is 0 Å². The molecule has 80 valence electrons. The highest BCUT2D eigenvalue weighted by atomic mass is 79.9. The number of hydrogen-bond donors (Lipinski definition) is 3. The molecule has 0 unspecified atom stereocenters. The lowest BCUT2D eigenvalue weighted by Crippen LogP contribution is -2.21. The summed E-state index contributed by atoms with van der Waals surface area (Å²) in [6, 6.07) is 2.73. The predicted molar refractivity (Wildman–Crippen MR) is 61.5 cm³/mol. The highest BCUT2D eigenvalue weighted by molar-refractivity contribution is 9.10. The fourth-order valence-corrected chi connectivity index (χ4v) is 1.44. The third kappa shape index (κ3) is 2.63. The van der Waals surface area contributed by atoms with Gasteiger partial charge in [0.25, 0.3) is 0 Å². The van der Waals surface area contributed by atoms with Crippen LogP contribution in [0.1, 0.15) is 10.4 Å². The minimum Gasteiger partial charge on any atom is -0.478 e. The molecule has 7 heteroatoms. The van der Waals surface area contributed by atoms with E-state index >= 15 is 0 Å². The molecule has 0 aliphatic heterocycles. The van der Waals surface area contributed by atoms with Crippen molar-refractivity contribution in [3.63, 3.8) is 0 Å². The van der Waals surface area contributed by atoms with Gasteiger partial charge in [-0.05, 0) is 40.3 Å². The minimum absolute atomic E-state index is 0.0238. The number of anilines is 1. The second-order valence-corrected chi connectivity index (χ2v) is 3.87. The highest BCUT2D eigenvalue weighted by Crippen LogP contribution is 2.25. The number of thiocarbonyl (C=S) groups is 1. The number of nitrogens with one attached hydrogen (secondary N) is 1. The minimum atomic E-state index is -1.40. The molecule has 1 aromatic rings. The third-order valence-electron chi connectivity index (χ3n) is 1.57. The molecule has 0 saturated heterocycles. The van der Waals surface area contributed by atoms with Gasteiger partial charge in [0.1, 0.15) is 5.56 Å². The Morgan fingerprint density at radius 3 is 2.67 bits per heavy atom. The van der Waals surface area contributed by atoms with E-state index in [1.165, 1.54) is 12.1 Å². The molecule has 0 spiro atoms. The van der Waals surface area contributed by atoms with Gasteiger partial charge >= 0.3 is 5.97 Å². The van der Waals surface area contributed by atoms with Crippen LogP contribution < -0.4 is 11.1 Å². The van der Waals surface area contributed by atoms with Gasteiger partial charge in [-0.25, -0.2) is 9.18 Å². The summed E-state index contributed by atoms with van der Waals surface area (Å²) in [6.45, 7) is 0. The topological polar surface area (TPSA) is 75.3 Å². The molecule has 0 bridgehead atoms. The molecule has 0 aliphatic carbocycles. The summed E-state index contributed by atoms with van der Waals surface area (Å²) in [5.74, 6) is -2.27. The summed E-state index contributed by atoms with van der Waals surface area (Å²) in [5, 5.41) is 11.1. The molecular weight excluding hydrogens is 287 g/mol. The molecule has 4 N–H and O–H groups in total. The summed E-state index contributed by atoms with van der Waals surface area (Å²) in [6.07, 6.45) is 0. The van der Waals surface area contributed by atoms with Gasteiger partial charge in [-0.2, -0.15) is 0 Å². The Labute approximate surface area is 98.4 Å². The SMILES string of the molecule is NC(=S)Nc1ccc(Br)c(F)c1C(=O)O. The van der Waals surface area contributed by atoms with Crippen molar-refractivity contribution in [2.75, 3.05) is 5.32 Å². The zero-order valence-corrected chi connectivity index (χ0v) is 9.65. The Bertz CT molecular complexity index is 439. The summed E-state index contributed by atoms with van der Waals surface area (Å²) >= 11 is 7.42. The van der Waals surface area contributed by atoms with Gasteiger partial charge in [-0.3, -0.25) is 0 Å². The van der Waals surface area contributed by atoms with E-state index in [1.54, 1.807) is 0 Å². The molecular formula is C8H6BrFN2O2S. The first-order chi connectivity index (χ1) is 6.93. The number of benzene rings is 1. The normalized spacial score (nSPS) is 9.73. The monoisotopic (exact) mass is 292 g/mol. The van der Waals surface area contributed by atoms with Crippen LogP contribution in [0, 0.1) is 5.82 Å². The van der Waals surface area contributed by atoms with Crippen LogP contribution in [0.3, 0.4) is 0 Å². The molecule has 0 saturated carbocycles. The Hall–Kier alpha value is -1.21. The van der Waals surface area contributed by atoms with Crippen LogP contribution >= 0.6 is 28.1 Å². The quantitative estimate of drug-likeness (QED) is 0.727. The first kappa shape index (κ1) is 11.9. The van der Waals surface area contributed by atoms with Crippen LogP contribution in [0.2, 0.25) is 0 Å². The van der Waals surface area contributed by atoms with Gasteiger partial charge < -0.3 is 16.2 Å². The van der Waals surface area contributed by atoms with E-state index in [0.29, 0.717) is 0 Å². The molecule has 0 heterocycles. The number of rotatable bonds is 2. The molecule has 0 fully saturated rings. The second kappa shape index (κ2) is 4.54. The molecule has 0 amide bonds. The van der Waals surface area contributed by atoms with E-state index in [-0.39, 0.29) is 15.3 Å². The number of halogens is 2. The Balaban J connectivity index is 3.33. The Morgan fingerprint density at radius 1 is 1.60 bits per heavy atom. The molecule has 1 rings (SSSR count). The van der Waals surface area contributed by atoms with Gasteiger partial charge in [0, 0.05) is 0 Å². The summed E-state index contributed by atoms with van der Waals surface area (Å²) < 4.78 is 13.5. The summed E-state index contributed by atoms with van der Waals surface area (Å²) in [4.78, 5) is 10.8. The number of carboxylic acids is 1. The van der Waals surface area contributed by atoms with E-state index in [4.69, 9.17) is 10.8 Å². The molecule has 4 nitrogen and oxygen atoms in total. The number of hydrogen-bond acceptors (Lipinski definition) is 2. The van der Waals surface area contributed by atoms with Crippen molar-refractivity contribution in [3.05, 3.63) is 28.0 Å². The maximum Gasteiger partial charge on any atom is 0.340 e. The Kier molecular flexibility index (Phi) is 3.59. The third-order valence-corrected chi connectivity index (χ3v) is 2.28. The maximum atomic E-state index is 13.4. The lowest BCUT2D eigenvalue weighted by atomic mass is 10.1. The predicted octanol–water partition coefficient (Wildman–Crippen LogP) is 1.94. The first-order valence-corrected chi connectivity index (χ1v) is 4.91. The molecule has 0 radical (unpaired) electrons. The summed E-state index contributed by atoms with van der Waals surface area (Å²) in [5.41, 5.74) is 4.70. The molecule has 0 atom stereocenters. The van der Waals surface area contributed by atoms with Crippen molar-refractivity contribution < 1.29 is 14.3 Å². The van der Waals surface area contributed by atoms with Gasteiger partial charge in [0.2, 0.25) is 0 Å². The second-order valence-electron chi connectivity index (χ2n) is 2.58. The van der Waals surface area contributed by atoms with Crippen molar-refractivity contribution in [2.24, 2.45) is 5.73 Å². The summed E-state index contributed by atoms with van der Waals surface area (Å²) in [7, 11) is 0. The molecule has 15 heavy (non-hydrogen) atoms. The van der Waals surface area contributed by atoms with E-state index in [9.17, 15) is 9.18 Å². The van der Waals surface area contributed by atoms with Crippen molar-refractivity contribution in [1.29, 1.82) is 0 Å². The molecule has 0 aliphatic rings. The average molecular weight is 293 g/mol. The van der Waals surface area contributed by atoms with Crippen molar-refractivity contribution in [2.45, 2.75) is 0 Å². The highest BCUT2D eigenvalue weighted by Gasteiger charge is 2.18. The molecule has 0 aromatic heterocycles. The number of carbonyl (C=O) groups is 1. The van der Waals surface area contributed by atoms with E-state index in [2.05, 4.69) is 33.5 Å². The largest absolute Gasteiger partial charge is 0.478 e. The Morgan fingerprint density at radius 2 is 2.20 bits per heavy atom. The standard InChI is InChI=1S/C8H6BrFN2O2S/c9-3-1-2-4(12-8(11)15)5(6(3)10)7(13)14/h1-2H,(H,13,14)(H3,11,12,15). The lowest BCUT2D eigenvalue weighted by Gasteiger charge is -2.09. The van der Waals surface area contributed by atoms with Crippen LogP contribution in [0.4, 0.5) is 10.1 Å². The number of carboxylic acid groups (broad SMARTS) is 1. The zero-order valence-electron chi connectivity index (χ0n) is 7.25. The fraction of sp³-hybridized carbons (Fsp3) is 0. The smallest absolute Gasteiger partial charge is 0.340 e. The average Bonchev–Trinajstić information content (AvgIpc) is 2.10. The van der Waals surface area contributed by atoms with Gasteiger partial charge in [0.15, 0.2) is 10.9 Å². The van der Waals surface area contributed by atoms with Crippen LogP contribution in [-0.2, 0) is 0 Å².